The Morgan fingerprint density at radius 1 is 1.07 bits per heavy atom. The van der Waals surface area contributed by atoms with Gasteiger partial charge in [0.05, 0.1) is 15.1 Å². The minimum absolute atomic E-state index is 0.0274. The van der Waals surface area contributed by atoms with Crippen LogP contribution >= 0.6 is 11.3 Å². The van der Waals surface area contributed by atoms with Crippen LogP contribution in [0.1, 0.15) is 16.7 Å². The van der Waals surface area contributed by atoms with E-state index in [1.807, 2.05) is 51.1 Å². The molecule has 0 aliphatic heterocycles. The van der Waals surface area contributed by atoms with Gasteiger partial charge in [-0.15, -0.1) is 0 Å². The summed E-state index contributed by atoms with van der Waals surface area (Å²) in [6.45, 7) is 5.92. The molecular formula is C20H17N5O3S. The van der Waals surface area contributed by atoms with Gasteiger partial charge >= 0.3 is 11.6 Å². The van der Waals surface area contributed by atoms with E-state index in [2.05, 4.69) is 20.3 Å². The number of nitro groups is 1. The van der Waals surface area contributed by atoms with E-state index in [-0.39, 0.29) is 17.4 Å². The van der Waals surface area contributed by atoms with Crippen LogP contribution < -0.4 is 10.1 Å². The highest BCUT2D eigenvalue weighted by Gasteiger charge is 2.26. The summed E-state index contributed by atoms with van der Waals surface area (Å²) in [6, 6.07) is 11.3. The van der Waals surface area contributed by atoms with Gasteiger partial charge in [0.25, 0.3) is 0 Å². The first-order valence-corrected chi connectivity index (χ1v) is 9.61. The fourth-order valence-electron chi connectivity index (χ4n) is 2.77. The van der Waals surface area contributed by atoms with E-state index in [1.54, 1.807) is 6.07 Å². The average Bonchev–Trinajstić information content (AvgIpc) is 3.06. The van der Waals surface area contributed by atoms with Gasteiger partial charge in [-0.3, -0.25) is 10.1 Å². The number of hydrogen-bond acceptors (Lipinski definition) is 8. The molecule has 0 fully saturated rings. The average molecular weight is 407 g/mol. The predicted octanol–water partition coefficient (Wildman–Crippen LogP) is 5.46. The molecule has 2 heterocycles. The van der Waals surface area contributed by atoms with Crippen LogP contribution in [0.3, 0.4) is 0 Å². The summed E-state index contributed by atoms with van der Waals surface area (Å²) in [7, 11) is 0. The molecule has 0 aliphatic rings. The summed E-state index contributed by atoms with van der Waals surface area (Å²) in [5, 5.41) is 15.2. The summed E-state index contributed by atoms with van der Waals surface area (Å²) < 4.78 is 6.69. The van der Waals surface area contributed by atoms with E-state index in [4.69, 9.17) is 4.74 Å². The van der Waals surface area contributed by atoms with Crippen molar-refractivity contribution in [3.8, 4) is 11.6 Å². The molecule has 4 rings (SSSR count). The molecule has 0 unspecified atom stereocenters. The smallest absolute Gasteiger partial charge is 0.373 e. The molecule has 0 saturated carbocycles. The highest BCUT2D eigenvalue weighted by atomic mass is 32.1. The minimum atomic E-state index is -0.559. The maximum Gasteiger partial charge on any atom is 0.373 e. The first-order chi connectivity index (χ1) is 13.9. The third-order valence-electron chi connectivity index (χ3n) is 4.43. The van der Waals surface area contributed by atoms with E-state index in [1.165, 1.54) is 17.7 Å². The second-order valence-corrected chi connectivity index (χ2v) is 7.63. The molecule has 0 saturated heterocycles. The molecule has 9 heteroatoms. The van der Waals surface area contributed by atoms with Crippen LogP contribution in [0.5, 0.6) is 11.6 Å². The lowest BCUT2D eigenvalue weighted by atomic mass is 10.1. The summed E-state index contributed by atoms with van der Waals surface area (Å²) >= 11 is 1.39. The van der Waals surface area contributed by atoms with Crippen LogP contribution in [0.15, 0.2) is 42.7 Å². The van der Waals surface area contributed by atoms with Crippen molar-refractivity contribution in [1.29, 1.82) is 0 Å². The fourth-order valence-corrected chi connectivity index (χ4v) is 3.73. The minimum Gasteiger partial charge on any atom is -0.434 e. The van der Waals surface area contributed by atoms with Crippen LogP contribution in [0, 0.1) is 30.9 Å². The van der Waals surface area contributed by atoms with Gasteiger partial charge in [0.2, 0.25) is 5.82 Å². The molecule has 0 bridgehead atoms. The molecule has 8 nitrogen and oxygen atoms in total. The normalized spacial score (nSPS) is 10.9. The van der Waals surface area contributed by atoms with Crippen LogP contribution in [-0.4, -0.2) is 19.9 Å². The highest BCUT2D eigenvalue weighted by molar-refractivity contribution is 7.22. The van der Waals surface area contributed by atoms with E-state index in [0.29, 0.717) is 10.9 Å². The lowest BCUT2D eigenvalue weighted by Crippen LogP contribution is -2.03. The Kier molecular flexibility index (Phi) is 4.81. The van der Waals surface area contributed by atoms with Gasteiger partial charge < -0.3 is 10.1 Å². The number of nitrogens with one attached hydrogen (secondary N) is 1. The number of rotatable bonds is 5. The second-order valence-electron chi connectivity index (χ2n) is 6.60. The topological polar surface area (TPSA) is 103 Å². The molecule has 2 aromatic heterocycles. The Hall–Kier alpha value is -3.59. The number of anilines is 2. The number of aromatic nitrogens is 3. The zero-order valence-corrected chi connectivity index (χ0v) is 16.8. The standard InChI is InChI=1S/C20H17N5O3S/c1-11-4-7-15-16(8-11)29-20(23-15)24-18-17(25(26)27)19(22-10-21-18)28-14-6-5-12(2)13(3)9-14/h4-10H,1-3H3,(H,21,22,23,24). The summed E-state index contributed by atoms with van der Waals surface area (Å²) in [4.78, 5) is 23.7. The zero-order valence-electron chi connectivity index (χ0n) is 16.0. The van der Waals surface area contributed by atoms with Crippen LogP contribution in [0.4, 0.5) is 16.6 Å². The van der Waals surface area contributed by atoms with Crippen molar-refractivity contribution < 1.29 is 9.66 Å². The van der Waals surface area contributed by atoms with Gasteiger partial charge in [0, 0.05) is 0 Å². The number of nitrogens with zero attached hydrogens (tertiary/aromatic N) is 4. The molecule has 1 N–H and O–H groups in total. The maximum atomic E-state index is 11.7. The highest BCUT2D eigenvalue weighted by Crippen LogP contribution is 2.37. The van der Waals surface area contributed by atoms with E-state index < -0.39 is 4.92 Å². The molecule has 0 amide bonds. The van der Waals surface area contributed by atoms with E-state index in [9.17, 15) is 10.1 Å². The number of aryl methyl sites for hydroxylation is 3. The predicted molar refractivity (Wildman–Crippen MR) is 112 cm³/mol. The summed E-state index contributed by atoms with van der Waals surface area (Å²) in [5.74, 6) is 0.364. The van der Waals surface area contributed by atoms with Crippen LogP contribution in [-0.2, 0) is 0 Å². The third-order valence-corrected chi connectivity index (χ3v) is 5.37. The Balaban J connectivity index is 1.70. The van der Waals surface area contributed by atoms with E-state index in [0.717, 1.165) is 26.9 Å². The molecule has 0 aliphatic carbocycles. The fraction of sp³-hybridized carbons (Fsp3) is 0.150. The van der Waals surface area contributed by atoms with Crippen molar-refractivity contribution in [3.63, 3.8) is 0 Å². The molecule has 2 aromatic carbocycles. The van der Waals surface area contributed by atoms with Gasteiger partial charge in [0.15, 0.2) is 5.13 Å². The van der Waals surface area contributed by atoms with Gasteiger partial charge in [0.1, 0.15) is 12.1 Å². The second kappa shape index (κ2) is 7.44. The van der Waals surface area contributed by atoms with Crippen molar-refractivity contribution in [1.82, 2.24) is 15.0 Å². The lowest BCUT2D eigenvalue weighted by Gasteiger charge is -2.09. The van der Waals surface area contributed by atoms with Crippen molar-refractivity contribution in [2.24, 2.45) is 0 Å². The largest absolute Gasteiger partial charge is 0.434 e. The molecule has 0 radical (unpaired) electrons. The maximum absolute atomic E-state index is 11.7. The van der Waals surface area contributed by atoms with Crippen LogP contribution in [0.25, 0.3) is 10.2 Å². The molecule has 0 spiro atoms. The number of benzene rings is 2. The Labute approximate surface area is 170 Å². The quantitative estimate of drug-likeness (QED) is 0.346. The Morgan fingerprint density at radius 3 is 2.66 bits per heavy atom. The van der Waals surface area contributed by atoms with Crippen molar-refractivity contribution in [3.05, 3.63) is 69.5 Å². The molecule has 0 atom stereocenters. The lowest BCUT2D eigenvalue weighted by molar-refractivity contribution is -0.385. The number of ether oxygens (including phenoxy) is 1. The van der Waals surface area contributed by atoms with Gasteiger partial charge in [-0.2, -0.15) is 4.98 Å². The monoisotopic (exact) mass is 407 g/mol. The molecular weight excluding hydrogens is 390 g/mol. The van der Waals surface area contributed by atoms with Crippen molar-refractivity contribution in [2.45, 2.75) is 20.8 Å². The summed E-state index contributed by atoms with van der Waals surface area (Å²) in [6.07, 6.45) is 1.23. The molecule has 29 heavy (non-hydrogen) atoms. The SMILES string of the molecule is Cc1ccc2nc(Nc3ncnc(Oc4ccc(C)c(C)c4)c3[N+](=O)[O-])sc2c1. The first-order valence-electron chi connectivity index (χ1n) is 8.79. The number of thiazole rings is 1. The van der Waals surface area contributed by atoms with Gasteiger partial charge in [-0.05, 0) is 61.7 Å². The number of fused-ring (bicyclic) bond motifs is 1. The Bertz CT molecular complexity index is 1240. The van der Waals surface area contributed by atoms with Gasteiger partial charge in [-0.1, -0.05) is 23.5 Å². The summed E-state index contributed by atoms with van der Waals surface area (Å²) in [5.41, 5.74) is 3.70. The van der Waals surface area contributed by atoms with Crippen molar-refractivity contribution in [2.75, 3.05) is 5.32 Å². The zero-order chi connectivity index (χ0) is 20.5. The van der Waals surface area contributed by atoms with Crippen LogP contribution in [0.2, 0.25) is 0 Å². The van der Waals surface area contributed by atoms with Crippen molar-refractivity contribution >= 4 is 38.2 Å². The number of hydrogen-bond donors (Lipinski definition) is 1. The Morgan fingerprint density at radius 2 is 1.90 bits per heavy atom. The van der Waals surface area contributed by atoms with E-state index >= 15 is 0 Å². The third kappa shape index (κ3) is 3.85. The molecule has 4 aromatic rings. The molecule has 146 valence electrons. The first kappa shape index (κ1) is 18.8. The van der Waals surface area contributed by atoms with Gasteiger partial charge in [-0.25, -0.2) is 9.97 Å².